The molecule has 0 bridgehead atoms. The fourth-order valence-electron chi connectivity index (χ4n) is 2.81. The van der Waals surface area contributed by atoms with E-state index >= 15 is 0 Å². The molecule has 0 aliphatic rings. The molecule has 160 valence electrons. The Balaban J connectivity index is 1.52. The summed E-state index contributed by atoms with van der Waals surface area (Å²) >= 11 is 0. The van der Waals surface area contributed by atoms with E-state index in [9.17, 15) is 9.59 Å². The molecule has 0 radical (unpaired) electrons. The Hall–Kier alpha value is -3.80. The van der Waals surface area contributed by atoms with Gasteiger partial charge in [-0.1, -0.05) is 44.2 Å². The zero-order valence-electron chi connectivity index (χ0n) is 17.7. The number of hydrogen-bond acceptors (Lipinski definition) is 4. The first kappa shape index (κ1) is 21.9. The number of nitrogens with one attached hydrogen (secondary N) is 3. The van der Waals surface area contributed by atoms with E-state index in [4.69, 9.17) is 4.74 Å². The van der Waals surface area contributed by atoms with Crippen LogP contribution in [0, 0.1) is 5.92 Å². The van der Waals surface area contributed by atoms with E-state index in [0.29, 0.717) is 29.5 Å². The second kappa shape index (κ2) is 10.8. The summed E-state index contributed by atoms with van der Waals surface area (Å²) in [6.07, 6.45) is 0. The Bertz CT molecular complexity index is 1020. The van der Waals surface area contributed by atoms with Crippen LogP contribution >= 0.6 is 0 Å². The van der Waals surface area contributed by atoms with E-state index in [-0.39, 0.29) is 18.4 Å². The van der Waals surface area contributed by atoms with E-state index in [1.54, 1.807) is 30.3 Å². The maximum atomic E-state index is 12.3. The van der Waals surface area contributed by atoms with Crippen molar-refractivity contribution in [1.82, 2.24) is 0 Å². The molecule has 0 aromatic heterocycles. The SMILES string of the molecule is CC(C)COc1cccc(NC(=O)CNc2cccc(NC(=O)c3ccccc3)c2)c1. The largest absolute Gasteiger partial charge is 0.493 e. The molecule has 2 amide bonds. The lowest BCUT2D eigenvalue weighted by Gasteiger charge is -2.12. The summed E-state index contributed by atoms with van der Waals surface area (Å²) in [5.74, 6) is 0.784. The van der Waals surface area contributed by atoms with Crippen LogP contribution in [0.5, 0.6) is 5.75 Å². The second-order valence-corrected chi connectivity index (χ2v) is 7.54. The molecule has 0 saturated heterocycles. The Morgan fingerprint density at radius 1 is 0.806 bits per heavy atom. The molecule has 3 N–H and O–H groups in total. The maximum Gasteiger partial charge on any atom is 0.255 e. The van der Waals surface area contributed by atoms with Crippen LogP contribution in [0.3, 0.4) is 0 Å². The maximum absolute atomic E-state index is 12.3. The third-order valence-corrected chi connectivity index (χ3v) is 4.31. The fraction of sp³-hybridized carbons (Fsp3) is 0.200. The van der Waals surface area contributed by atoms with Crippen LogP contribution in [0.4, 0.5) is 17.1 Å². The highest BCUT2D eigenvalue weighted by Gasteiger charge is 2.07. The Kier molecular flexibility index (Phi) is 7.65. The minimum Gasteiger partial charge on any atom is -0.493 e. The Morgan fingerprint density at radius 3 is 2.23 bits per heavy atom. The Morgan fingerprint density at radius 2 is 1.48 bits per heavy atom. The van der Waals surface area contributed by atoms with E-state index < -0.39 is 0 Å². The standard InChI is InChI=1S/C25H27N3O3/c1-18(2)17-31-23-13-7-12-22(15-23)27-24(29)16-26-20-10-6-11-21(14-20)28-25(30)19-8-4-3-5-9-19/h3-15,18,26H,16-17H2,1-2H3,(H,27,29)(H,28,30). The molecule has 3 aromatic carbocycles. The van der Waals surface area contributed by atoms with Crippen LogP contribution < -0.4 is 20.7 Å². The molecule has 0 aliphatic carbocycles. The number of anilines is 3. The van der Waals surface area contributed by atoms with Gasteiger partial charge in [0.1, 0.15) is 5.75 Å². The van der Waals surface area contributed by atoms with E-state index in [1.807, 2.05) is 48.5 Å². The summed E-state index contributed by atoms with van der Waals surface area (Å²) in [6, 6.07) is 23.6. The van der Waals surface area contributed by atoms with Crippen molar-refractivity contribution in [3.8, 4) is 5.75 Å². The number of benzene rings is 3. The predicted octanol–water partition coefficient (Wildman–Crippen LogP) is 5.02. The first-order chi connectivity index (χ1) is 15.0. The van der Waals surface area contributed by atoms with Crippen LogP contribution in [-0.4, -0.2) is 25.0 Å². The van der Waals surface area contributed by atoms with Gasteiger partial charge in [0.15, 0.2) is 0 Å². The lowest BCUT2D eigenvalue weighted by Crippen LogP contribution is -2.21. The van der Waals surface area contributed by atoms with Crippen LogP contribution in [0.25, 0.3) is 0 Å². The van der Waals surface area contributed by atoms with Crippen LogP contribution in [-0.2, 0) is 4.79 Å². The van der Waals surface area contributed by atoms with Gasteiger partial charge in [-0.3, -0.25) is 9.59 Å². The summed E-state index contributed by atoms with van der Waals surface area (Å²) in [7, 11) is 0. The second-order valence-electron chi connectivity index (χ2n) is 7.54. The predicted molar refractivity (Wildman–Crippen MR) is 125 cm³/mol. The molecular formula is C25H27N3O3. The molecule has 0 saturated carbocycles. The lowest BCUT2D eigenvalue weighted by molar-refractivity contribution is -0.114. The number of ether oxygens (including phenoxy) is 1. The fourth-order valence-corrected chi connectivity index (χ4v) is 2.81. The normalized spacial score (nSPS) is 10.4. The molecule has 6 heteroatoms. The van der Waals surface area contributed by atoms with Gasteiger partial charge in [0, 0.05) is 28.7 Å². The summed E-state index contributed by atoms with van der Waals surface area (Å²) in [5.41, 5.74) is 2.64. The highest BCUT2D eigenvalue weighted by atomic mass is 16.5. The zero-order valence-corrected chi connectivity index (χ0v) is 17.7. The highest BCUT2D eigenvalue weighted by molar-refractivity contribution is 6.04. The van der Waals surface area contributed by atoms with E-state index in [2.05, 4.69) is 29.8 Å². The van der Waals surface area contributed by atoms with Crippen LogP contribution in [0.15, 0.2) is 78.9 Å². The average molecular weight is 418 g/mol. The topological polar surface area (TPSA) is 79.5 Å². The van der Waals surface area contributed by atoms with Gasteiger partial charge >= 0.3 is 0 Å². The quantitative estimate of drug-likeness (QED) is 0.456. The highest BCUT2D eigenvalue weighted by Crippen LogP contribution is 2.19. The van der Waals surface area contributed by atoms with Crippen molar-refractivity contribution in [3.63, 3.8) is 0 Å². The first-order valence-corrected chi connectivity index (χ1v) is 10.2. The van der Waals surface area contributed by atoms with Gasteiger partial charge in [-0.25, -0.2) is 0 Å². The third kappa shape index (κ3) is 7.19. The monoisotopic (exact) mass is 417 g/mol. The first-order valence-electron chi connectivity index (χ1n) is 10.2. The lowest BCUT2D eigenvalue weighted by atomic mass is 10.2. The van der Waals surface area contributed by atoms with Crippen molar-refractivity contribution < 1.29 is 14.3 Å². The number of rotatable bonds is 9. The van der Waals surface area contributed by atoms with Crippen molar-refractivity contribution >= 4 is 28.9 Å². The van der Waals surface area contributed by atoms with Gasteiger partial charge in [0.2, 0.25) is 5.91 Å². The van der Waals surface area contributed by atoms with Gasteiger partial charge < -0.3 is 20.7 Å². The zero-order chi connectivity index (χ0) is 22.1. The molecule has 31 heavy (non-hydrogen) atoms. The summed E-state index contributed by atoms with van der Waals surface area (Å²) < 4.78 is 5.69. The number of amides is 2. The summed E-state index contributed by atoms with van der Waals surface area (Å²) in [5, 5.41) is 8.79. The third-order valence-electron chi connectivity index (χ3n) is 4.31. The van der Waals surface area contributed by atoms with Crippen molar-refractivity contribution in [1.29, 1.82) is 0 Å². The van der Waals surface area contributed by atoms with Gasteiger partial charge in [-0.05, 0) is 48.4 Å². The van der Waals surface area contributed by atoms with Crippen molar-refractivity contribution in [2.24, 2.45) is 5.92 Å². The van der Waals surface area contributed by atoms with Crippen molar-refractivity contribution in [3.05, 3.63) is 84.4 Å². The molecule has 0 atom stereocenters. The molecule has 3 rings (SSSR count). The number of carbonyl (C=O) groups excluding carboxylic acids is 2. The molecule has 0 aliphatic heterocycles. The smallest absolute Gasteiger partial charge is 0.255 e. The summed E-state index contributed by atoms with van der Waals surface area (Å²) in [4.78, 5) is 24.6. The molecule has 3 aromatic rings. The minimum absolute atomic E-state index is 0.0904. The summed E-state index contributed by atoms with van der Waals surface area (Å²) in [6.45, 7) is 4.88. The molecule has 6 nitrogen and oxygen atoms in total. The molecular weight excluding hydrogens is 390 g/mol. The van der Waals surface area contributed by atoms with Gasteiger partial charge in [0.05, 0.1) is 13.2 Å². The van der Waals surface area contributed by atoms with Gasteiger partial charge in [-0.2, -0.15) is 0 Å². The molecule has 0 unspecified atom stereocenters. The van der Waals surface area contributed by atoms with Crippen molar-refractivity contribution in [2.75, 3.05) is 29.1 Å². The molecule has 0 heterocycles. The van der Waals surface area contributed by atoms with Gasteiger partial charge in [-0.15, -0.1) is 0 Å². The number of carbonyl (C=O) groups is 2. The van der Waals surface area contributed by atoms with Crippen LogP contribution in [0.2, 0.25) is 0 Å². The van der Waals surface area contributed by atoms with E-state index in [0.717, 1.165) is 11.4 Å². The van der Waals surface area contributed by atoms with Crippen molar-refractivity contribution in [2.45, 2.75) is 13.8 Å². The molecule has 0 spiro atoms. The van der Waals surface area contributed by atoms with Gasteiger partial charge in [0.25, 0.3) is 5.91 Å². The molecule has 0 fully saturated rings. The number of hydrogen-bond donors (Lipinski definition) is 3. The minimum atomic E-state index is -0.185. The average Bonchev–Trinajstić information content (AvgIpc) is 2.77. The Labute approximate surface area is 182 Å². The van der Waals surface area contributed by atoms with E-state index in [1.165, 1.54) is 0 Å². The van der Waals surface area contributed by atoms with Crippen LogP contribution in [0.1, 0.15) is 24.2 Å².